The summed E-state index contributed by atoms with van der Waals surface area (Å²) in [5.41, 5.74) is 3.86. The van der Waals surface area contributed by atoms with E-state index in [4.69, 9.17) is 4.74 Å². The quantitative estimate of drug-likeness (QED) is 0.311. The number of nitriles is 1. The first-order valence-corrected chi connectivity index (χ1v) is 12.2. The lowest BCUT2D eigenvalue weighted by molar-refractivity contribution is -0.113. The van der Waals surface area contributed by atoms with E-state index in [1.165, 1.54) is 0 Å². The van der Waals surface area contributed by atoms with Crippen molar-refractivity contribution in [1.82, 2.24) is 14.8 Å². The summed E-state index contributed by atoms with van der Waals surface area (Å²) >= 11 is 0. The molecule has 6 rings (SSSR count). The van der Waals surface area contributed by atoms with Crippen molar-refractivity contribution in [3.05, 3.63) is 102 Å². The molecule has 2 aliphatic heterocycles. The third-order valence-corrected chi connectivity index (χ3v) is 6.65. The average Bonchev–Trinajstić information content (AvgIpc) is 3.51. The lowest BCUT2D eigenvalue weighted by Gasteiger charge is -2.28. The molecule has 0 bridgehead atoms. The first-order valence-electron chi connectivity index (χ1n) is 12.2. The van der Waals surface area contributed by atoms with E-state index >= 15 is 0 Å². The number of fused-ring (bicyclic) bond motifs is 1. The van der Waals surface area contributed by atoms with Crippen molar-refractivity contribution in [2.75, 3.05) is 36.1 Å². The highest BCUT2D eigenvalue weighted by molar-refractivity contribution is 6.38. The molecule has 4 aromatic rings. The van der Waals surface area contributed by atoms with Crippen LogP contribution in [0, 0.1) is 11.3 Å². The Labute approximate surface area is 214 Å². The number of amides is 1. The Morgan fingerprint density at radius 3 is 2.30 bits per heavy atom. The molecule has 1 saturated heterocycles. The molecule has 8 heteroatoms. The fourth-order valence-corrected chi connectivity index (χ4v) is 4.88. The Bertz CT molecular complexity index is 1520. The first kappa shape index (κ1) is 22.7. The summed E-state index contributed by atoms with van der Waals surface area (Å²) in [5.74, 6) is 0.741. The molecule has 0 N–H and O–H groups in total. The zero-order chi connectivity index (χ0) is 25.2. The minimum atomic E-state index is -0.225. The molecule has 0 radical (unpaired) electrons. The number of morpholine rings is 1. The van der Waals surface area contributed by atoms with Gasteiger partial charge in [0.05, 0.1) is 36.7 Å². The molecule has 3 aromatic carbocycles. The molecule has 1 aromatic heterocycles. The van der Waals surface area contributed by atoms with Gasteiger partial charge in [0.1, 0.15) is 11.6 Å². The fourth-order valence-electron chi connectivity index (χ4n) is 4.88. The highest BCUT2D eigenvalue weighted by Gasteiger charge is 2.37. The van der Waals surface area contributed by atoms with E-state index in [9.17, 15) is 10.1 Å². The summed E-state index contributed by atoms with van der Waals surface area (Å²) in [6.45, 7) is 2.91. The first-order chi connectivity index (χ1) is 18.3. The van der Waals surface area contributed by atoms with Gasteiger partial charge in [0.2, 0.25) is 5.95 Å². The second-order valence-corrected chi connectivity index (χ2v) is 8.85. The molecule has 8 nitrogen and oxygen atoms in total. The summed E-state index contributed by atoms with van der Waals surface area (Å²) in [7, 11) is 0. The third-order valence-electron chi connectivity index (χ3n) is 6.65. The van der Waals surface area contributed by atoms with E-state index in [1.54, 1.807) is 4.90 Å². The van der Waals surface area contributed by atoms with Gasteiger partial charge in [-0.15, -0.1) is 10.2 Å². The van der Waals surface area contributed by atoms with Crippen molar-refractivity contribution in [2.24, 2.45) is 0 Å². The maximum atomic E-state index is 13.9. The molecule has 0 atom stereocenters. The van der Waals surface area contributed by atoms with Gasteiger partial charge in [-0.25, -0.2) is 0 Å². The number of rotatable bonds is 5. The Hall–Kier alpha value is -4.74. The average molecular weight is 489 g/mol. The summed E-state index contributed by atoms with van der Waals surface area (Å²) in [4.78, 5) is 17.8. The second-order valence-electron chi connectivity index (χ2n) is 8.85. The molecule has 1 fully saturated rings. The number of anilines is 2. The Balaban J connectivity index is 1.52. The van der Waals surface area contributed by atoms with Crippen LogP contribution in [-0.2, 0) is 16.1 Å². The minimum absolute atomic E-state index is 0.198. The predicted octanol–water partition coefficient (Wildman–Crippen LogP) is 4.09. The highest BCUT2D eigenvalue weighted by atomic mass is 16.5. The van der Waals surface area contributed by atoms with Gasteiger partial charge in [-0.05, 0) is 23.8 Å². The molecular formula is C29H24N6O2. The van der Waals surface area contributed by atoms with Gasteiger partial charge in [-0.2, -0.15) is 5.26 Å². The monoisotopic (exact) mass is 488 g/mol. The third kappa shape index (κ3) is 4.05. The normalized spacial score (nSPS) is 16.5. The Morgan fingerprint density at radius 1 is 0.892 bits per heavy atom. The number of hydrogen-bond donors (Lipinski definition) is 0. The highest BCUT2D eigenvalue weighted by Crippen LogP contribution is 2.41. The van der Waals surface area contributed by atoms with E-state index in [0.717, 1.165) is 22.5 Å². The largest absolute Gasteiger partial charge is 0.378 e. The van der Waals surface area contributed by atoms with Gasteiger partial charge in [0, 0.05) is 18.7 Å². The number of ether oxygens (including phenoxy) is 1. The van der Waals surface area contributed by atoms with Crippen LogP contribution >= 0.6 is 0 Å². The van der Waals surface area contributed by atoms with Crippen molar-refractivity contribution in [1.29, 1.82) is 5.26 Å². The van der Waals surface area contributed by atoms with Crippen molar-refractivity contribution in [3.8, 4) is 11.8 Å². The standard InChI is InChI=1S/C29H24N6O2/c30-19-24(26-23-13-7-8-14-25(23)34(28(26)36)20-21-9-3-1-4-10-21)27-31-32-29(33-15-17-37-18-16-33)35(27)22-11-5-2-6-12-22/h1-14H,15-18,20H2/b26-24+. The number of carbonyl (C=O) groups excluding carboxylic acids is 1. The van der Waals surface area contributed by atoms with Gasteiger partial charge >= 0.3 is 0 Å². The topological polar surface area (TPSA) is 87.3 Å². The molecule has 0 spiro atoms. The molecule has 1 amide bonds. The molecule has 0 unspecified atom stereocenters. The number of carbonyl (C=O) groups is 1. The lowest BCUT2D eigenvalue weighted by atomic mass is 10.0. The Kier molecular flexibility index (Phi) is 5.97. The zero-order valence-corrected chi connectivity index (χ0v) is 20.1. The summed E-state index contributed by atoms with van der Waals surface area (Å²) < 4.78 is 7.39. The molecule has 182 valence electrons. The van der Waals surface area contributed by atoms with Gasteiger partial charge < -0.3 is 14.5 Å². The van der Waals surface area contributed by atoms with Crippen LogP contribution in [-0.4, -0.2) is 47.0 Å². The zero-order valence-electron chi connectivity index (χ0n) is 20.1. The maximum absolute atomic E-state index is 13.9. The summed E-state index contributed by atoms with van der Waals surface area (Å²) in [5, 5.41) is 19.4. The van der Waals surface area contributed by atoms with E-state index in [1.807, 2.05) is 89.5 Å². The summed E-state index contributed by atoms with van der Waals surface area (Å²) in [6, 6.07) is 29.4. The number of allylic oxidation sites excluding steroid dienone is 1. The van der Waals surface area contributed by atoms with Crippen LogP contribution in [0.5, 0.6) is 0 Å². The van der Waals surface area contributed by atoms with E-state index < -0.39 is 0 Å². The van der Waals surface area contributed by atoms with Crippen LogP contribution in [0.25, 0.3) is 16.8 Å². The fraction of sp³-hybridized carbons (Fsp3) is 0.172. The molecule has 37 heavy (non-hydrogen) atoms. The Morgan fingerprint density at radius 2 is 1.57 bits per heavy atom. The van der Waals surface area contributed by atoms with Gasteiger partial charge in [0.25, 0.3) is 5.91 Å². The SMILES string of the molecule is N#C/C(=C1\C(=O)N(Cc2ccccc2)c2ccccc21)c1nnc(N2CCOCC2)n1-c1ccccc1. The van der Waals surface area contributed by atoms with Crippen molar-refractivity contribution >= 4 is 28.7 Å². The second kappa shape index (κ2) is 9.72. The molecular weight excluding hydrogens is 464 g/mol. The van der Waals surface area contributed by atoms with Crippen LogP contribution in [0.3, 0.4) is 0 Å². The van der Waals surface area contributed by atoms with Crippen molar-refractivity contribution < 1.29 is 9.53 Å². The number of hydrogen-bond acceptors (Lipinski definition) is 6. The van der Waals surface area contributed by atoms with E-state index in [2.05, 4.69) is 21.2 Å². The predicted molar refractivity (Wildman–Crippen MR) is 141 cm³/mol. The lowest BCUT2D eigenvalue weighted by Crippen LogP contribution is -2.38. The van der Waals surface area contributed by atoms with Crippen LogP contribution in [0.1, 0.15) is 17.0 Å². The number of benzene rings is 3. The smallest absolute Gasteiger partial charge is 0.260 e. The van der Waals surface area contributed by atoms with Gasteiger partial charge in [-0.3, -0.25) is 9.36 Å². The van der Waals surface area contributed by atoms with E-state index in [-0.39, 0.29) is 11.5 Å². The van der Waals surface area contributed by atoms with Gasteiger partial charge in [-0.1, -0.05) is 66.7 Å². The van der Waals surface area contributed by atoms with Crippen molar-refractivity contribution in [2.45, 2.75) is 6.54 Å². The van der Waals surface area contributed by atoms with Crippen LogP contribution in [0.2, 0.25) is 0 Å². The minimum Gasteiger partial charge on any atom is -0.378 e. The maximum Gasteiger partial charge on any atom is 0.260 e. The van der Waals surface area contributed by atoms with Crippen LogP contribution < -0.4 is 9.80 Å². The number of para-hydroxylation sites is 2. The molecule has 3 heterocycles. The van der Waals surface area contributed by atoms with Crippen LogP contribution in [0.4, 0.5) is 11.6 Å². The molecule has 2 aliphatic rings. The molecule has 0 aliphatic carbocycles. The summed E-state index contributed by atoms with van der Waals surface area (Å²) in [6.07, 6.45) is 0. The molecule has 0 saturated carbocycles. The van der Waals surface area contributed by atoms with E-state index in [0.29, 0.717) is 50.2 Å². The van der Waals surface area contributed by atoms with Crippen molar-refractivity contribution in [3.63, 3.8) is 0 Å². The number of aromatic nitrogens is 3. The number of nitrogens with zero attached hydrogens (tertiary/aromatic N) is 6. The van der Waals surface area contributed by atoms with Gasteiger partial charge in [0.15, 0.2) is 5.82 Å². The van der Waals surface area contributed by atoms with Crippen LogP contribution in [0.15, 0.2) is 84.9 Å².